The second-order valence-electron chi connectivity index (χ2n) is 10.1. The van der Waals surface area contributed by atoms with E-state index in [-0.39, 0.29) is 17.9 Å². The van der Waals surface area contributed by atoms with Crippen molar-refractivity contribution in [3.8, 4) is 0 Å². The minimum atomic E-state index is 0.155. The summed E-state index contributed by atoms with van der Waals surface area (Å²) < 4.78 is 0. The Bertz CT molecular complexity index is 686. The van der Waals surface area contributed by atoms with Crippen LogP contribution >= 0.6 is 0 Å². The number of likely N-dealkylation sites (tertiary alicyclic amines) is 1. The van der Waals surface area contributed by atoms with E-state index in [1.807, 2.05) is 19.9 Å². The Morgan fingerprint density at radius 3 is 2.33 bits per heavy atom. The molecule has 2 aliphatic rings. The van der Waals surface area contributed by atoms with Crippen molar-refractivity contribution in [2.45, 2.75) is 84.8 Å². The van der Waals surface area contributed by atoms with E-state index in [1.165, 1.54) is 31.5 Å². The van der Waals surface area contributed by atoms with E-state index in [1.54, 1.807) is 0 Å². The Labute approximate surface area is 183 Å². The highest BCUT2D eigenvalue weighted by molar-refractivity contribution is 5.79. The summed E-state index contributed by atoms with van der Waals surface area (Å²) in [6.07, 6.45) is 6.54. The van der Waals surface area contributed by atoms with Crippen LogP contribution in [0.25, 0.3) is 0 Å². The van der Waals surface area contributed by atoms with Crippen LogP contribution in [-0.4, -0.2) is 36.0 Å². The first-order chi connectivity index (χ1) is 14.3. The monoisotopic (exact) mass is 414 g/mol. The molecule has 0 bridgehead atoms. The maximum atomic E-state index is 12.3. The predicted molar refractivity (Wildman–Crippen MR) is 126 cm³/mol. The van der Waals surface area contributed by atoms with Gasteiger partial charge in [-0.3, -0.25) is 9.69 Å². The van der Waals surface area contributed by atoms with Gasteiger partial charge in [-0.05, 0) is 95.0 Å². The molecule has 1 aromatic rings. The van der Waals surface area contributed by atoms with Crippen molar-refractivity contribution in [1.29, 1.82) is 0 Å². The largest absolute Gasteiger partial charge is 0.397 e. The molecule has 5 nitrogen and oxygen atoms in total. The number of nitrogens with one attached hydrogen (secondary N) is 2. The van der Waals surface area contributed by atoms with Crippen molar-refractivity contribution in [3.05, 3.63) is 23.8 Å². The summed E-state index contributed by atoms with van der Waals surface area (Å²) in [5.74, 6) is 2.04. The minimum Gasteiger partial charge on any atom is -0.397 e. The molecule has 1 aliphatic heterocycles. The average molecular weight is 415 g/mol. The molecule has 0 atom stereocenters. The van der Waals surface area contributed by atoms with Gasteiger partial charge in [0.2, 0.25) is 5.91 Å². The maximum absolute atomic E-state index is 12.3. The molecule has 0 radical (unpaired) electrons. The second kappa shape index (κ2) is 10.5. The first kappa shape index (κ1) is 22.9. The van der Waals surface area contributed by atoms with Crippen molar-refractivity contribution in [1.82, 2.24) is 10.2 Å². The molecule has 2 fully saturated rings. The van der Waals surface area contributed by atoms with E-state index >= 15 is 0 Å². The first-order valence-electron chi connectivity index (χ1n) is 12.0. The molecule has 1 amide bonds. The molecule has 0 aromatic heterocycles. The van der Waals surface area contributed by atoms with E-state index in [0.717, 1.165) is 55.4 Å². The number of carbonyl (C=O) groups is 1. The molecule has 168 valence electrons. The number of nitrogens with two attached hydrogens (primary N) is 1. The lowest BCUT2D eigenvalue weighted by Crippen LogP contribution is -2.39. The number of anilines is 2. The molecule has 5 heteroatoms. The highest BCUT2D eigenvalue weighted by Gasteiger charge is 2.27. The summed E-state index contributed by atoms with van der Waals surface area (Å²) in [4.78, 5) is 14.8. The zero-order valence-corrected chi connectivity index (χ0v) is 19.4. The minimum absolute atomic E-state index is 0.155. The number of hydrogen-bond donors (Lipinski definition) is 3. The normalized spacial score (nSPS) is 23.7. The van der Waals surface area contributed by atoms with Crippen LogP contribution in [0, 0.1) is 17.8 Å². The van der Waals surface area contributed by atoms with Gasteiger partial charge in [0.1, 0.15) is 0 Å². The standard InChI is InChI=1S/C25H42N4O/c1-17(2)20-11-13-29(14-12-20)16-19-5-10-23(26)24(15-19)28-22-8-6-21(7-9-22)25(30)27-18(3)4/h5,10,15,17-18,20-22,28H,6-9,11-14,16,26H2,1-4H3,(H,27,30). The zero-order valence-electron chi connectivity index (χ0n) is 19.4. The predicted octanol–water partition coefficient (Wildman–Crippen LogP) is 4.63. The van der Waals surface area contributed by atoms with Gasteiger partial charge in [-0.25, -0.2) is 0 Å². The van der Waals surface area contributed by atoms with Gasteiger partial charge in [0, 0.05) is 24.5 Å². The second-order valence-corrected chi connectivity index (χ2v) is 10.1. The summed E-state index contributed by atoms with van der Waals surface area (Å²) in [6, 6.07) is 7.06. The molecular formula is C25H42N4O. The van der Waals surface area contributed by atoms with Crippen molar-refractivity contribution in [2.24, 2.45) is 17.8 Å². The Balaban J connectivity index is 1.51. The number of amides is 1. The fourth-order valence-electron chi connectivity index (χ4n) is 4.98. The smallest absolute Gasteiger partial charge is 0.223 e. The summed E-state index contributed by atoms with van der Waals surface area (Å²) >= 11 is 0. The molecule has 1 aliphatic carbocycles. The summed E-state index contributed by atoms with van der Waals surface area (Å²) in [5, 5.41) is 6.73. The van der Waals surface area contributed by atoms with Crippen LogP contribution in [-0.2, 0) is 11.3 Å². The van der Waals surface area contributed by atoms with E-state index in [0.29, 0.717) is 6.04 Å². The fraction of sp³-hybridized carbons (Fsp3) is 0.720. The van der Waals surface area contributed by atoms with Crippen LogP contribution in [0.1, 0.15) is 71.8 Å². The van der Waals surface area contributed by atoms with Gasteiger partial charge >= 0.3 is 0 Å². The van der Waals surface area contributed by atoms with Crippen molar-refractivity contribution in [2.75, 3.05) is 24.1 Å². The zero-order chi connectivity index (χ0) is 21.7. The molecule has 0 unspecified atom stereocenters. The molecule has 4 N–H and O–H groups in total. The Morgan fingerprint density at radius 2 is 1.73 bits per heavy atom. The summed E-state index contributed by atoms with van der Waals surface area (Å²) in [7, 11) is 0. The topological polar surface area (TPSA) is 70.4 Å². The summed E-state index contributed by atoms with van der Waals surface area (Å²) in [5.41, 5.74) is 9.49. The van der Waals surface area contributed by atoms with Crippen LogP contribution in [0.4, 0.5) is 11.4 Å². The van der Waals surface area contributed by atoms with Crippen LogP contribution in [0.15, 0.2) is 18.2 Å². The van der Waals surface area contributed by atoms with Gasteiger partial charge in [-0.15, -0.1) is 0 Å². The van der Waals surface area contributed by atoms with Crippen LogP contribution in [0.2, 0.25) is 0 Å². The van der Waals surface area contributed by atoms with Gasteiger partial charge in [0.05, 0.1) is 11.4 Å². The fourth-order valence-corrected chi connectivity index (χ4v) is 4.98. The maximum Gasteiger partial charge on any atom is 0.223 e. The van der Waals surface area contributed by atoms with E-state index in [9.17, 15) is 4.79 Å². The highest BCUT2D eigenvalue weighted by atomic mass is 16.1. The quantitative estimate of drug-likeness (QED) is 0.569. The molecule has 1 saturated heterocycles. The first-order valence-corrected chi connectivity index (χ1v) is 12.0. The lowest BCUT2D eigenvalue weighted by atomic mass is 9.85. The van der Waals surface area contributed by atoms with Crippen molar-refractivity contribution in [3.63, 3.8) is 0 Å². The highest BCUT2D eigenvalue weighted by Crippen LogP contribution is 2.30. The third kappa shape index (κ3) is 6.37. The number of rotatable bonds is 7. The molecule has 1 aromatic carbocycles. The molecule has 0 spiro atoms. The van der Waals surface area contributed by atoms with Crippen molar-refractivity contribution >= 4 is 17.3 Å². The lowest BCUT2D eigenvalue weighted by Gasteiger charge is -2.34. The third-order valence-electron chi connectivity index (χ3n) is 6.99. The molecule has 3 rings (SSSR count). The number of carbonyl (C=O) groups excluding carboxylic acids is 1. The summed E-state index contributed by atoms with van der Waals surface area (Å²) in [6.45, 7) is 12.1. The van der Waals surface area contributed by atoms with Gasteiger partial charge in [0.15, 0.2) is 0 Å². The number of piperidine rings is 1. The third-order valence-corrected chi connectivity index (χ3v) is 6.99. The van der Waals surface area contributed by atoms with E-state index in [4.69, 9.17) is 5.73 Å². The van der Waals surface area contributed by atoms with Gasteiger partial charge in [-0.1, -0.05) is 19.9 Å². The Hall–Kier alpha value is -1.75. The molecule has 1 saturated carbocycles. The van der Waals surface area contributed by atoms with Crippen LogP contribution in [0.3, 0.4) is 0 Å². The number of hydrogen-bond acceptors (Lipinski definition) is 4. The Kier molecular flexibility index (Phi) is 8.04. The van der Waals surface area contributed by atoms with E-state index < -0.39 is 0 Å². The SMILES string of the molecule is CC(C)NC(=O)C1CCC(Nc2cc(CN3CCC(C(C)C)CC3)ccc2N)CC1. The van der Waals surface area contributed by atoms with Crippen LogP contribution in [0.5, 0.6) is 0 Å². The molecule has 30 heavy (non-hydrogen) atoms. The van der Waals surface area contributed by atoms with Gasteiger partial charge in [-0.2, -0.15) is 0 Å². The number of nitrogens with zero attached hydrogens (tertiary/aromatic N) is 1. The van der Waals surface area contributed by atoms with Gasteiger partial charge in [0.25, 0.3) is 0 Å². The Morgan fingerprint density at radius 1 is 1.07 bits per heavy atom. The van der Waals surface area contributed by atoms with Crippen LogP contribution < -0.4 is 16.4 Å². The molecular weight excluding hydrogens is 372 g/mol. The van der Waals surface area contributed by atoms with Gasteiger partial charge < -0.3 is 16.4 Å². The van der Waals surface area contributed by atoms with Crippen molar-refractivity contribution < 1.29 is 4.79 Å². The lowest BCUT2D eigenvalue weighted by molar-refractivity contribution is -0.126. The average Bonchev–Trinajstić information content (AvgIpc) is 2.71. The molecule has 1 heterocycles. The number of nitrogen functional groups attached to an aromatic ring is 1. The van der Waals surface area contributed by atoms with E-state index in [2.05, 4.69) is 41.5 Å². The number of benzene rings is 1.